The lowest BCUT2D eigenvalue weighted by atomic mass is 10.3. The Hall–Kier alpha value is -2.87. The molecule has 1 aliphatic heterocycles. The van der Waals surface area contributed by atoms with E-state index in [4.69, 9.17) is 5.73 Å². The minimum Gasteiger partial charge on any atom is -0.399 e. The highest BCUT2D eigenvalue weighted by Crippen LogP contribution is 2.30. The Morgan fingerprint density at radius 3 is 2.88 bits per heavy atom. The first kappa shape index (κ1) is 14.7. The number of hydrogen-bond acceptors (Lipinski definition) is 6. The molecule has 122 valence electrons. The second-order valence-electron chi connectivity index (χ2n) is 5.52. The summed E-state index contributed by atoms with van der Waals surface area (Å²) in [5.74, 6) is 2.65. The molecule has 3 heterocycles. The lowest BCUT2D eigenvalue weighted by Crippen LogP contribution is -2.23. The zero-order valence-corrected chi connectivity index (χ0v) is 13.9. The van der Waals surface area contributed by atoms with Crippen LogP contribution in [0.1, 0.15) is 11.5 Å². The van der Waals surface area contributed by atoms with E-state index in [1.807, 2.05) is 48.0 Å². The molecule has 1 aromatic carbocycles. The molecule has 1 aliphatic rings. The van der Waals surface area contributed by atoms with Crippen LogP contribution in [0.2, 0.25) is 0 Å². The van der Waals surface area contributed by atoms with Gasteiger partial charge in [0.1, 0.15) is 11.6 Å². The zero-order valence-electron chi connectivity index (χ0n) is 13.1. The summed E-state index contributed by atoms with van der Waals surface area (Å²) in [4.78, 5) is 5.56. The number of aryl methyl sites for hydroxylation is 1. The number of benzene rings is 1. The summed E-state index contributed by atoms with van der Waals surface area (Å²) in [7, 11) is 0. The van der Waals surface area contributed by atoms with Crippen LogP contribution < -0.4 is 11.1 Å². The number of nitrogens with zero attached hydrogens (tertiary/aromatic N) is 4. The molecule has 4 N–H and O–H groups in total. The van der Waals surface area contributed by atoms with Gasteiger partial charge < -0.3 is 15.4 Å². The van der Waals surface area contributed by atoms with Crippen LogP contribution in [-0.2, 0) is 6.54 Å². The standard InChI is InChI=1S/C16H17N7S/c1-11-8-14(21-20-11)19-16-10-22(9-15-18-6-7-23(15)16)24-13-4-2-12(17)3-5-13/h2-8,10H,9,17H2,1H3,(H2,19,20,21). The van der Waals surface area contributed by atoms with E-state index in [1.54, 1.807) is 18.1 Å². The minimum atomic E-state index is 0.715. The molecular weight excluding hydrogens is 322 g/mol. The average molecular weight is 339 g/mol. The molecule has 0 spiro atoms. The molecule has 0 atom stereocenters. The molecule has 4 rings (SSSR count). The normalized spacial score (nSPS) is 13.5. The fourth-order valence-corrected chi connectivity index (χ4v) is 3.34. The highest BCUT2D eigenvalue weighted by atomic mass is 32.2. The van der Waals surface area contributed by atoms with Crippen molar-refractivity contribution in [3.63, 3.8) is 0 Å². The summed E-state index contributed by atoms with van der Waals surface area (Å²) in [6.07, 6.45) is 5.80. The number of fused-ring (bicyclic) bond motifs is 1. The van der Waals surface area contributed by atoms with Gasteiger partial charge >= 0.3 is 0 Å². The molecule has 2 aromatic heterocycles. The number of nitrogens with one attached hydrogen (secondary N) is 2. The number of H-pyrrole nitrogens is 1. The monoisotopic (exact) mass is 339 g/mol. The predicted molar refractivity (Wildman–Crippen MR) is 95.7 cm³/mol. The third kappa shape index (κ3) is 2.95. The molecule has 0 unspecified atom stereocenters. The van der Waals surface area contributed by atoms with Gasteiger partial charge in [-0.2, -0.15) is 5.10 Å². The minimum absolute atomic E-state index is 0.715. The van der Waals surface area contributed by atoms with Crippen molar-refractivity contribution in [1.29, 1.82) is 0 Å². The van der Waals surface area contributed by atoms with E-state index in [0.29, 0.717) is 6.54 Å². The van der Waals surface area contributed by atoms with E-state index >= 15 is 0 Å². The number of aromatic amines is 1. The van der Waals surface area contributed by atoms with Gasteiger partial charge in [-0.3, -0.25) is 9.67 Å². The quantitative estimate of drug-likeness (QED) is 0.500. The maximum Gasteiger partial charge on any atom is 0.153 e. The summed E-state index contributed by atoms with van der Waals surface area (Å²) in [5, 5.41) is 10.5. The van der Waals surface area contributed by atoms with Gasteiger partial charge in [-0.05, 0) is 43.1 Å². The molecule has 0 saturated carbocycles. The third-order valence-corrected chi connectivity index (χ3v) is 4.56. The first-order chi connectivity index (χ1) is 11.7. The topological polar surface area (TPSA) is 87.8 Å². The van der Waals surface area contributed by atoms with Gasteiger partial charge in [0.15, 0.2) is 5.82 Å². The largest absolute Gasteiger partial charge is 0.399 e. The lowest BCUT2D eigenvalue weighted by Gasteiger charge is -2.26. The average Bonchev–Trinajstić information content (AvgIpc) is 3.19. The van der Waals surface area contributed by atoms with E-state index in [0.717, 1.165) is 33.7 Å². The van der Waals surface area contributed by atoms with Crippen molar-refractivity contribution in [3.05, 3.63) is 60.4 Å². The second-order valence-corrected chi connectivity index (χ2v) is 6.65. The third-order valence-electron chi connectivity index (χ3n) is 3.61. The van der Waals surface area contributed by atoms with Crippen molar-refractivity contribution in [1.82, 2.24) is 24.1 Å². The summed E-state index contributed by atoms with van der Waals surface area (Å²) in [6, 6.07) is 9.80. The number of aromatic nitrogens is 4. The van der Waals surface area contributed by atoms with Crippen molar-refractivity contribution in [2.24, 2.45) is 0 Å². The van der Waals surface area contributed by atoms with E-state index < -0.39 is 0 Å². The van der Waals surface area contributed by atoms with E-state index in [-0.39, 0.29) is 0 Å². The maximum atomic E-state index is 5.75. The Kier molecular flexibility index (Phi) is 3.66. The molecule has 24 heavy (non-hydrogen) atoms. The van der Waals surface area contributed by atoms with E-state index in [9.17, 15) is 0 Å². The molecule has 0 amide bonds. The Morgan fingerprint density at radius 2 is 2.12 bits per heavy atom. The van der Waals surface area contributed by atoms with Crippen molar-refractivity contribution in [3.8, 4) is 0 Å². The lowest BCUT2D eigenvalue weighted by molar-refractivity contribution is 0.562. The van der Waals surface area contributed by atoms with Crippen molar-refractivity contribution >= 4 is 29.3 Å². The molecule has 7 nitrogen and oxygen atoms in total. The molecule has 3 aromatic rings. The molecule has 0 radical (unpaired) electrons. The first-order valence-corrected chi connectivity index (χ1v) is 8.28. The number of nitrogens with two attached hydrogens (primary N) is 1. The smallest absolute Gasteiger partial charge is 0.153 e. The van der Waals surface area contributed by atoms with Crippen molar-refractivity contribution in [2.45, 2.75) is 18.4 Å². The summed E-state index contributed by atoms with van der Waals surface area (Å²) in [5.41, 5.74) is 7.52. The Bertz CT molecular complexity index is 878. The highest BCUT2D eigenvalue weighted by molar-refractivity contribution is 7.97. The summed E-state index contributed by atoms with van der Waals surface area (Å²) >= 11 is 1.64. The fraction of sp³-hybridized carbons (Fsp3) is 0.125. The molecule has 0 bridgehead atoms. The number of anilines is 2. The first-order valence-electron chi connectivity index (χ1n) is 7.51. The van der Waals surface area contributed by atoms with Gasteiger partial charge in [-0.1, -0.05) is 0 Å². The number of hydrogen-bond donors (Lipinski definition) is 3. The molecule has 8 heteroatoms. The van der Waals surface area contributed by atoms with Crippen LogP contribution in [0, 0.1) is 6.92 Å². The van der Waals surface area contributed by atoms with E-state index in [1.165, 1.54) is 0 Å². The van der Waals surface area contributed by atoms with Gasteiger partial charge in [0.25, 0.3) is 0 Å². The van der Waals surface area contributed by atoms with Crippen molar-refractivity contribution in [2.75, 3.05) is 11.1 Å². The summed E-state index contributed by atoms with van der Waals surface area (Å²) in [6.45, 7) is 2.69. The molecular formula is C16H17N7S. The van der Waals surface area contributed by atoms with Crippen LogP contribution in [0.25, 0.3) is 5.82 Å². The number of nitrogen functional groups attached to an aromatic ring is 1. The molecule has 0 aliphatic carbocycles. The van der Waals surface area contributed by atoms with Gasteiger partial charge in [-0.15, -0.1) is 0 Å². The zero-order chi connectivity index (χ0) is 16.5. The van der Waals surface area contributed by atoms with Crippen LogP contribution in [0.3, 0.4) is 0 Å². The van der Waals surface area contributed by atoms with Crippen LogP contribution in [0.4, 0.5) is 11.5 Å². The van der Waals surface area contributed by atoms with Gasteiger partial charge in [0, 0.05) is 34.7 Å². The second kappa shape index (κ2) is 5.97. The van der Waals surface area contributed by atoms with Crippen LogP contribution in [0.5, 0.6) is 0 Å². The van der Waals surface area contributed by atoms with Gasteiger partial charge in [-0.25, -0.2) is 4.98 Å². The fourth-order valence-electron chi connectivity index (χ4n) is 2.48. The molecule has 0 saturated heterocycles. The van der Waals surface area contributed by atoms with Gasteiger partial charge in [0.05, 0.1) is 12.7 Å². The predicted octanol–water partition coefficient (Wildman–Crippen LogP) is 2.89. The maximum absolute atomic E-state index is 5.75. The highest BCUT2D eigenvalue weighted by Gasteiger charge is 2.19. The Balaban J connectivity index is 1.59. The SMILES string of the molecule is Cc1cc(NC2=CN(Sc3ccc(N)cc3)Cc3nccn32)n[nH]1. The van der Waals surface area contributed by atoms with E-state index in [2.05, 4.69) is 31.0 Å². The number of imidazole rings is 1. The van der Waals surface area contributed by atoms with Crippen LogP contribution >= 0.6 is 11.9 Å². The van der Waals surface area contributed by atoms with Crippen LogP contribution in [0.15, 0.2) is 53.8 Å². The van der Waals surface area contributed by atoms with Gasteiger partial charge in [0.2, 0.25) is 0 Å². The number of rotatable bonds is 4. The van der Waals surface area contributed by atoms with Crippen molar-refractivity contribution < 1.29 is 0 Å². The summed E-state index contributed by atoms with van der Waals surface area (Å²) < 4.78 is 4.17. The Labute approximate surface area is 143 Å². The van der Waals surface area contributed by atoms with Crippen LogP contribution in [-0.4, -0.2) is 24.1 Å². The Morgan fingerprint density at radius 1 is 1.29 bits per heavy atom. The molecule has 0 fully saturated rings.